The Morgan fingerprint density at radius 3 is 2.50 bits per heavy atom. The highest BCUT2D eigenvalue weighted by Crippen LogP contribution is 2.34. The van der Waals surface area contributed by atoms with Crippen molar-refractivity contribution in [2.75, 3.05) is 0 Å². The number of hydrogen-bond donors (Lipinski definition) is 1. The van der Waals surface area contributed by atoms with Gasteiger partial charge in [-0.3, -0.25) is 0 Å². The van der Waals surface area contributed by atoms with Crippen LogP contribution in [-0.2, 0) is 0 Å². The fourth-order valence-corrected chi connectivity index (χ4v) is 3.62. The summed E-state index contributed by atoms with van der Waals surface area (Å²) in [4.78, 5) is 0.941. The number of hydrogen-bond acceptors (Lipinski definition) is 2. The molecule has 1 aromatic carbocycles. The molecule has 1 N–H and O–H groups in total. The smallest absolute Gasteiger partial charge is 0.114 e. The van der Waals surface area contributed by atoms with Crippen molar-refractivity contribution in [3.63, 3.8) is 0 Å². The van der Waals surface area contributed by atoms with E-state index in [2.05, 4.69) is 31.9 Å². The van der Waals surface area contributed by atoms with Gasteiger partial charge in [-0.05, 0) is 52.2 Å². The van der Waals surface area contributed by atoms with Crippen LogP contribution in [0.1, 0.15) is 22.1 Å². The maximum absolute atomic E-state index is 10.2. The molecule has 16 heavy (non-hydrogen) atoms. The van der Waals surface area contributed by atoms with Gasteiger partial charge in [-0.25, -0.2) is 0 Å². The van der Waals surface area contributed by atoms with Gasteiger partial charge >= 0.3 is 0 Å². The SMILES string of the molecule is Cc1ccc(C(O)c2ccc(Br)s2)c(Br)c1. The van der Waals surface area contributed by atoms with Crippen molar-refractivity contribution < 1.29 is 5.11 Å². The number of rotatable bonds is 2. The molecule has 0 saturated carbocycles. The summed E-state index contributed by atoms with van der Waals surface area (Å²) in [5, 5.41) is 10.2. The minimum Gasteiger partial charge on any atom is -0.383 e. The molecular formula is C12H10Br2OS. The van der Waals surface area contributed by atoms with E-state index in [-0.39, 0.29) is 0 Å². The first-order valence-electron chi connectivity index (χ1n) is 4.77. The number of benzene rings is 1. The van der Waals surface area contributed by atoms with Crippen LogP contribution in [0.4, 0.5) is 0 Å². The van der Waals surface area contributed by atoms with Gasteiger partial charge in [-0.15, -0.1) is 11.3 Å². The van der Waals surface area contributed by atoms with Crippen molar-refractivity contribution in [2.24, 2.45) is 0 Å². The Labute approximate surface area is 115 Å². The van der Waals surface area contributed by atoms with E-state index in [9.17, 15) is 5.11 Å². The summed E-state index contributed by atoms with van der Waals surface area (Å²) in [6.45, 7) is 2.03. The molecule has 1 heterocycles. The van der Waals surface area contributed by atoms with Crippen LogP contribution in [0.5, 0.6) is 0 Å². The average Bonchev–Trinajstić information content (AvgIpc) is 2.64. The fraction of sp³-hybridized carbons (Fsp3) is 0.167. The van der Waals surface area contributed by atoms with Crippen molar-refractivity contribution in [1.82, 2.24) is 0 Å². The van der Waals surface area contributed by atoms with E-state index in [1.54, 1.807) is 11.3 Å². The summed E-state index contributed by atoms with van der Waals surface area (Å²) in [7, 11) is 0. The van der Waals surface area contributed by atoms with E-state index in [4.69, 9.17) is 0 Å². The first kappa shape index (κ1) is 12.3. The van der Waals surface area contributed by atoms with E-state index >= 15 is 0 Å². The van der Waals surface area contributed by atoms with Gasteiger partial charge in [0.25, 0.3) is 0 Å². The van der Waals surface area contributed by atoms with Gasteiger partial charge in [0.05, 0.1) is 3.79 Å². The number of halogens is 2. The minimum atomic E-state index is -0.564. The Kier molecular flexibility index (Phi) is 3.85. The Balaban J connectivity index is 2.37. The number of aliphatic hydroxyl groups is 1. The summed E-state index contributed by atoms with van der Waals surface area (Å²) in [5.41, 5.74) is 2.08. The second-order valence-corrected chi connectivity index (χ2v) is 6.92. The number of thiophene rings is 1. The van der Waals surface area contributed by atoms with Crippen LogP contribution >= 0.6 is 43.2 Å². The third-order valence-corrected chi connectivity index (χ3v) is 4.68. The average molecular weight is 362 g/mol. The summed E-state index contributed by atoms with van der Waals surface area (Å²) < 4.78 is 1.98. The van der Waals surface area contributed by atoms with Crippen LogP contribution in [0.3, 0.4) is 0 Å². The van der Waals surface area contributed by atoms with E-state index in [1.807, 2.05) is 37.3 Å². The molecule has 2 aromatic rings. The molecule has 0 aliphatic heterocycles. The molecule has 0 aliphatic rings. The summed E-state index contributed by atoms with van der Waals surface area (Å²) >= 11 is 8.43. The van der Waals surface area contributed by atoms with Crippen LogP contribution in [-0.4, -0.2) is 5.11 Å². The van der Waals surface area contributed by atoms with Gasteiger partial charge in [0.2, 0.25) is 0 Å². The van der Waals surface area contributed by atoms with E-state index in [0.29, 0.717) is 0 Å². The largest absolute Gasteiger partial charge is 0.383 e. The van der Waals surface area contributed by atoms with Gasteiger partial charge in [0.1, 0.15) is 6.10 Å². The molecular weight excluding hydrogens is 352 g/mol. The molecule has 0 bridgehead atoms. The van der Waals surface area contributed by atoms with Crippen molar-refractivity contribution >= 4 is 43.2 Å². The van der Waals surface area contributed by atoms with Crippen molar-refractivity contribution in [3.05, 3.63) is 54.6 Å². The quantitative estimate of drug-likeness (QED) is 0.824. The molecule has 0 saturated heterocycles. The van der Waals surface area contributed by atoms with Crippen LogP contribution in [0.15, 0.2) is 38.6 Å². The zero-order chi connectivity index (χ0) is 11.7. The second-order valence-electron chi connectivity index (χ2n) is 3.57. The lowest BCUT2D eigenvalue weighted by molar-refractivity contribution is 0.223. The molecule has 2 rings (SSSR count). The van der Waals surface area contributed by atoms with Gasteiger partial charge in [0.15, 0.2) is 0 Å². The van der Waals surface area contributed by atoms with Crippen LogP contribution in [0.25, 0.3) is 0 Å². The van der Waals surface area contributed by atoms with Crippen molar-refractivity contribution in [1.29, 1.82) is 0 Å². The lowest BCUT2D eigenvalue weighted by Crippen LogP contribution is -1.98. The first-order valence-corrected chi connectivity index (χ1v) is 7.17. The van der Waals surface area contributed by atoms with Gasteiger partial charge in [-0.2, -0.15) is 0 Å². The fourth-order valence-electron chi connectivity index (χ4n) is 1.48. The second kappa shape index (κ2) is 5.00. The summed E-state index contributed by atoms with van der Waals surface area (Å²) in [5.74, 6) is 0. The molecule has 0 aliphatic carbocycles. The maximum Gasteiger partial charge on any atom is 0.114 e. The lowest BCUT2D eigenvalue weighted by Gasteiger charge is -2.11. The Hall–Kier alpha value is -0.160. The first-order chi connectivity index (χ1) is 7.58. The highest BCUT2D eigenvalue weighted by atomic mass is 79.9. The summed E-state index contributed by atoms with van der Waals surface area (Å²) in [6.07, 6.45) is -0.564. The normalized spacial score (nSPS) is 12.8. The highest BCUT2D eigenvalue weighted by molar-refractivity contribution is 9.11. The monoisotopic (exact) mass is 360 g/mol. The van der Waals surface area contributed by atoms with Gasteiger partial charge < -0.3 is 5.11 Å². The lowest BCUT2D eigenvalue weighted by atomic mass is 10.1. The molecule has 1 nitrogen and oxygen atoms in total. The zero-order valence-corrected chi connectivity index (χ0v) is 12.6. The number of aryl methyl sites for hydroxylation is 1. The highest BCUT2D eigenvalue weighted by Gasteiger charge is 2.15. The molecule has 0 radical (unpaired) electrons. The van der Waals surface area contributed by atoms with E-state index < -0.39 is 6.10 Å². The minimum absolute atomic E-state index is 0.564. The van der Waals surface area contributed by atoms with Gasteiger partial charge in [-0.1, -0.05) is 28.1 Å². The summed E-state index contributed by atoms with van der Waals surface area (Å²) in [6, 6.07) is 9.86. The van der Waals surface area contributed by atoms with E-state index in [1.165, 1.54) is 5.56 Å². The predicted octanol–water partition coefficient (Wildman–Crippen LogP) is 4.66. The van der Waals surface area contributed by atoms with E-state index in [0.717, 1.165) is 18.7 Å². The van der Waals surface area contributed by atoms with Crippen LogP contribution in [0, 0.1) is 6.92 Å². The van der Waals surface area contributed by atoms with Crippen LogP contribution in [0.2, 0.25) is 0 Å². The third-order valence-electron chi connectivity index (χ3n) is 2.31. The Bertz CT molecular complexity index is 507. The van der Waals surface area contributed by atoms with Crippen LogP contribution < -0.4 is 0 Å². The van der Waals surface area contributed by atoms with Crippen molar-refractivity contribution in [2.45, 2.75) is 13.0 Å². The number of aliphatic hydroxyl groups excluding tert-OH is 1. The Morgan fingerprint density at radius 1 is 1.19 bits per heavy atom. The molecule has 1 atom stereocenters. The zero-order valence-electron chi connectivity index (χ0n) is 8.58. The molecule has 0 amide bonds. The topological polar surface area (TPSA) is 20.2 Å². The molecule has 0 spiro atoms. The molecule has 84 valence electrons. The standard InChI is InChI=1S/C12H10Br2OS/c1-7-2-3-8(9(13)6-7)12(15)10-4-5-11(14)16-10/h2-6,12,15H,1H3. The van der Waals surface area contributed by atoms with Gasteiger partial charge in [0, 0.05) is 9.35 Å². The Morgan fingerprint density at radius 2 is 1.94 bits per heavy atom. The molecule has 4 heteroatoms. The molecule has 1 aromatic heterocycles. The molecule has 1 unspecified atom stereocenters. The predicted molar refractivity (Wildman–Crippen MR) is 75.0 cm³/mol. The van der Waals surface area contributed by atoms with Crippen molar-refractivity contribution in [3.8, 4) is 0 Å². The maximum atomic E-state index is 10.2. The third kappa shape index (κ3) is 2.56. The molecule has 0 fully saturated rings.